The van der Waals surface area contributed by atoms with E-state index < -0.39 is 11.6 Å². The summed E-state index contributed by atoms with van der Waals surface area (Å²) >= 11 is 3.38. The van der Waals surface area contributed by atoms with Crippen molar-refractivity contribution in [2.24, 2.45) is 0 Å². The summed E-state index contributed by atoms with van der Waals surface area (Å²) in [6.07, 6.45) is 0. The number of halogens is 1. The molecule has 0 bridgehead atoms. The van der Waals surface area contributed by atoms with E-state index in [-0.39, 0.29) is 12.6 Å². The van der Waals surface area contributed by atoms with Crippen molar-refractivity contribution in [1.29, 1.82) is 5.26 Å². The topological polar surface area (TPSA) is 85.7 Å². The lowest BCUT2D eigenvalue weighted by molar-refractivity contribution is -0.132. The van der Waals surface area contributed by atoms with Gasteiger partial charge in [0.25, 0.3) is 5.91 Å². The first-order valence-corrected chi connectivity index (χ1v) is 9.84. The lowest BCUT2D eigenvalue weighted by Crippen LogP contribution is -2.43. The third-order valence-electron chi connectivity index (χ3n) is 4.80. The number of likely N-dealkylation sites (N-methyl/N-ethyl adjacent to an activating group) is 1. The smallest absolute Gasteiger partial charge is 0.326 e. The Hall–Kier alpha value is -2.89. The first kappa shape index (κ1) is 20.8. The Morgan fingerprint density at radius 2 is 1.83 bits per heavy atom. The maximum Gasteiger partial charge on any atom is 0.326 e. The van der Waals surface area contributed by atoms with Crippen molar-refractivity contribution in [2.75, 3.05) is 26.9 Å². The van der Waals surface area contributed by atoms with Gasteiger partial charge in [0, 0.05) is 11.0 Å². The van der Waals surface area contributed by atoms with Crippen LogP contribution in [-0.2, 0) is 10.3 Å². The Kier molecular flexibility index (Phi) is 6.20. The molecule has 2 aromatic rings. The minimum Gasteiger partial charge on any atom is -0.492 e. The molecule has 1 fully saturated rings. The van der Waals surface area contributed by atoms with E-state index in [0.717, 1.165) is 10.2 Å². The molecule has 29 heavy (non-hydrogen) atoms. The zero-order chi connectivity index (χ0) is 21.0. The SMILES string of the molecule is CN(CCOc1ccc(Br)cc1)CN1C(=O)N[C@](C)(c2ccc(C#N)cc2)C1=O. The van der Waals surface area contributed by atoms with Crippen LogP contribution in [0.5, 0.6) is 5.75 Å². The number of nitrogens with zero attached hydrogens (tertiary/aromatic N) is 3. The van der Waals surface area contributed by atoms with Gasteiger partial charge in [0.1, 0.15) is 17.9 Å². The predicted octanol–water partition coefficient (Wildman–Crippen LogP) is 3.06. The minimum atomic E-state index is -1.15. The van der Waals surface area contributed by atoms with Gasteiger partial charge in [0.2, 0.25) is 0 Å². The molecule has 1 saturated heterocycles. The van der Waals surface area contributed by atoms with E-state index in [4.69, 9.17) is 10.00 Å². The molecule has 2 aromatic carbocycles. The van der Waals surface area contributed by atoms with Crippen LogP contribution >= 0.6 is 15.9 Å². The van der Waals surface area contributed by atoms with Crippen LogP contribution in [-0.4, -0.2) is 48.6 Å². The Labute approximate surface area is 178 Å². The predicted molar refractivity (Wildman–Crippen MR) is 111 cm³/mol. The maximum atomic E-state index is 13.0. The van der Waals surface area contributed by atoms with E-state index in [1.807, 2.05) is 42.3 Å². The molecule has 1 atom stereocenters. The molecule has 8 heteroatoms. The van der Waals surface area contributed by atoms with Crippen molar-refractivity contribution in [2.45, 2.75) is 12.5 Å². The van der Waals surface area contributed by atoms with Crippen LogP contribution in [0.4, 0.5) is 4.79 Å². The molecule has 1 N–H and O–H groups in total. The largest absolute Gasteiger partial charge is 0.492 e. The highest BCUT2D eigenvalue weighted by atomic mass is 79.9. The molecule has 3 rings (SSSR count). The van der Waals surface area contributed by atoms with Gasteiger partial charge in [-0.3, -0.25) is 9.69 Å². The second-order valence-electron chi connectivity index (χ2n) is 7.00. The number of imide groups is 1. The minimum absolute atomic E-state index is 0.153. The van der Waals surface area contributed by atoms with Crippen LogP contribution < -0.4 is 10.1 Å². The monoisotopic (exact) mass is 456 g/mol. The molecule has 7 nitrogen and oxygen atoms in total. The summed E-state index contributed by atoms with van der Waals surface area (Å²) in [5.41, 5.74) is -0.0186. The van der Waals surface area contributed by atoms with Gasteiger partial charge >= 0.3 is 6.03 Å². The van der Waals surface area contributed by atoms with Crippen LogP contribution in [0.3, 0.4) is 0 Å². The average Bonchev–Trinajstić information content (AvgIpc) is 2.93. The fraction of sp³-hybridized carbons (Fsp3) is 0.286. The summed E-state index contributed by atoms with van der Waals surface area (Å²) in [6.45, 7) is 2.79. The van der Waals surface area contributed by atoms with Crippen LogP contribution in [0.25, 0.3) is 0 Å². The highest BCUT2D eigenvalue weighted by Crippen LogP contribution is 2.29. The molecule has 0 unspecified atom stereocenters. The van der Waals surface area contributed by atoms with E-state index in [9.17, 15) is 9.59 Å². The summed E-state index contributed by atoms with van der Waals surface area (Å²) in [7, 11) is 1.82. The quantitative estimate of drug-likeness (QED) is 0.647. The van der Waals surface area contributed by atoms with Gasteiger partial charge in [-0.05, 0) is 55.9 Å². The molecule has 1 aliphatic rings. The number of urea groups is 1. The molecular formula is C21H21BrN4O3. The van der Waals surface area contributed by atoms with Gasteiger partial charge < -0.3 is 10.1 Å². The number of carbonyl (C=O) groups excluding carboxylic acids is 2. The molecule has 0 saturated carbocycles. The van der Waals surface area contributed by atoms with E-state index in [1.165, 1.54) is 4.90 Å². The molecule has 0 radical (unpaired) electrons. The van der Waals surface area contributed by atoms with Gasteiger partial charge in [-0.2, -0.15) is 5.26 Å². The number of hydrogen-bond donors (Lipinski definition) is 1. The highest BCUT2D eigenvalue weighted by molar-refractivity contribution is 9.10. The molecule has 0 aromatic heterocycles. The molecule has 0 spiro atoms. The standard InChI is InChI=1S/C21H21BrN4O3/c1-21(16-5-3-15(13-23)4-6-16)19(27)26(20(28)24-21)14-25(2)11-12-29-18-9-7-17(22)8-10-18/h3-10H,11-12,14H2,1-2H3,(H,24,28)/t21-/m1/s1. The van der Waals surface area contributed by atoms with E-state index in [1.54, 1.807) is 31.2 Å². The lowest BCUT2D eigenvalue weighted by atomic mass is 9.91. The molecule has 150 valence electrons. The normalized spacial score (nSPS) is 18.7. The number of ether oxygens (including phenoxy) is 1. The fourth-order valence-electron chi connectivity index (χ4n) is 3.06. The van der Waals surface area contributed by atoms with E-state index in [2.05, 4.69) is 21.2 Å². The van der Waals surface area contributed by atoms with Crippen molar-refractivity contribution in [3.05, 3.63) is 64.1 Å². The van der Waals surface area contributed by atoms with Crippen molar-refractivity contribution in [3.63, 3.8) is 0 Å². The second kappa shape index (κ2) is 8.64. The first-order valence-electron chi connectivity index (χ1n) is 9.05. The van der Waals surface area contributed by atoms with Crippen LogP contribution in [0, 0.1) is 11.3 Å². The third-order valence-corrected chi connectivity index (χ3v) is 5.33. The lowest BCUT2D eigenvalue weighted by Gasteiger charge is -2.24. The number of amides is 3. The summed E-state index contributed by atoms with van der Waals surface area (Å²) in [4.78, 5) is 28.4. The van der Waals surface area contributed by atoms with Gasteiger partial charge in [-0.1, -0.05) is 28.1 Å². The second-order valence-corrected chi connectivity index (χ2v) is 7.92. The summed E-state index contributed by atoms with van der Waals surface area (Å²) < 4.78 is 6.67. The maximum absolute atomic E-state index is 13.0. The van der Waals surface area contributed by atoms with Gasteiger partial charge in [-0.15, -0.1) is 0 Å². The summed E-state index contributed by atoms with van der Waals surface area (Å²) in [6, 6.07) is 15.8. The Bertz CT molecular complexity index is 940. The summed E-state index contributed by atoms with van der Waals surface area (Å²) in [5.74, 6) is 0.429. The first-order chi connectivity index (χ1) is 13.8. The van der Waals surface area contributed by atoms with E-state index >= 15 is 0 Å². The number of carbonyl (C=O) groups is 2. The fourth-order valence-corrected chi connectivity index (χ4v) is 3.33. The Balaban J connectivity index is 1.58. The van der Waals surface area contributed by atoms with Crippen molar-refractivity contribution < 1.29 is 14.3 Å². The van der Waals surface area contributed by atoms with Crippen LogP contribution in [0.2, 0.25) is 0 Å². The Morgan fingerprint density at radius 1 is 1.17 bits per heavy atom. The number of benzene rings is 2. The summed E-state index contributed by atoms with van der Waals surface area (Å²) in [5, 5.41) is 11.7. The molecule has 1 aliphatic heterocycles. The molecule has 0 aliphatic carbocycles. The Morgan fingerprint density at radius 3 is 2.45 bits per heavy atom. The van der Waals surface area contributed by atoms with E-state index in [0.29, 0.717) is 24.3 Å². The number of nitrogens with one attached hydrogen (secondary N) is 1. The zero-order valence-electron chi connectivity index (χ0n) is 16.2. The highest BCUT2D eigenvalue weighted by Gasteiger charge is 2.49. The van der Waals surface area contributed by atoms with Crippen molar-refractivity contribution in [3.8, 4) is 11.8 Å². The number of nitriles is 1. The number of rotatable bonds is 7. The van der Waals surface area contributed by atoms with Gasteiger partial charge in [0.15, 0.2) is 0 Å². The molecule has 3 amide bonds. The molecular weight excluding hydrogens is 436 g/mol. The van der Waals surface area contributed by atoms with Crippen LogP contribution in [0.1, 0.15) is 18.1 Å². The number of hydrogen-bond acceptors (Lipinski definition) is 5. The third kappa shape index (κ3) is 4.58. The zero-order valence-corrected chi connectivity index (χ0v) is 17.8. The van der Waals surface area contributed by atoms with Crippen molar-refractivity contribution in [1.82, 2.24) is 15.1 Å². The van der Waals surface area contributed by atoms with Gasteiger partial charge in [-0.25, -0.2) is 9.69 Å². The average molecular weight is 457 g/mol. The van der Waals surface area contributed by atoms with Crippen LogP contribution in [0.15, 0.2) is 53.0 Å². The van der Waals surface area contributed by atoms with Gasteiger partial charge in [0.05, 0.1) is 18.3 Å². The molecule has 1 heterocycles. The van der Waals surface area contributed by atoms with Crippen molar-refractivity contribution >= 4 is 27.9 Å².